The molecule has 1 aliphatic heterocycles. The zero-order valence-electron chi connectivity index (χ0n) is 12.6. The summed E-state index contributed by atoms with van der Waals surface area (Å²) in [6, 6.07) is -0.572. The maximum Gasteiger partial charge on any atom is 0.267 e. The molecule has 0 aliphatic carbocycles. The van der Waals surface area contributed by atoms with Gasteiger partial charge in [-0.05, 0) is 13.3 Å². The molecule has 0 radical (unpaired) electrons. The first-order chi connectivity index (χ1) is 10.6. The summed E-state index contributed by atoms with van der Waals surface area (Å²) in [5.41, 5.74) is 0.389. The molecule has 0 saturated carbocycles. The molecule has 0 aromatic carbocycles. The standard InChI is InChI=1S/C14H18N4O4/c1-3-10(13(19)17-4-6-21-7-5-17)18-8-15-12-11(14(18)20)9(2)16-22-12/h8,10H,3-7H2,1-2H3/t10-/m1/s1. The minimum atomic E-state index is -0.572. The Morgan fingerprint density at radius 1 is 1.41 bits per heavy atom. The topological polar surface area (TPSA) is 90.5 Å². The number of ether oxygens (including phenoxy) is 1. The van der Waals surface area contributed by atoms with E-state index in [2.05, 4.69) is 10.1 Å². The summed E-state index contributed by atoms with van der Waals surface area (Å²) in [6.45, 7) is 5.71. The van der Waals surface area contributed by atoms with E-state index in [-0.39, 0.29) is 17.2 Å². The second-order valence-corrected chi connectivity index (χ2v) is 5.27. The first-order valence-electron chi connectivity index (χ1n) is 7.33. The molecule has 1 fully saturated rings. The van der Waals surface area contributed by atoms with Crippen molar-refractivity contribution in [1.29, 1.82) is 0 Å². The highest BCUT2D eigenvalue weighted by atomic mass is 16.5. The van der Waals surface area contributed by atoms with Crippen LogP contribution in [-0.4, -0.2) is 51.8 Å². The molecule has 0 unspecified atom stereocenters. The normalized spacial score (nSPS) is 16.9. The fourth-order valence-corrected chi connectivity index (χ4v) is 2.70. The van der Waals surface area contributed by atoms with Gasteiger partial charge in [-0.2, -0.15) is 0 Å². The quantitative estimate of drug-likeness (QED) is 0.820. The van der Waals surface area contributed by atoms with Crippen molar-refractivity contribution in [2.45, 2.75) is 26.3 Å². The van der Waals surface area contributed by atoms with E-state index in [0.29, 0.717) is 43.8 Å². The van der Waals surface area contributed by atoms with Crippen LogP contribution in [0.15, 0.2) is 15.6 Å². The number of carbonyl (C=O) groups is 1. The van der Waals surface area contributed by atoms with Gasteiger partial charge in [0.2, 0.25) is 5.91 Å². The Hall–Kier alpha value is -2.22. The van der Waals surface area contributed by atoms with Crippen LogP contribution >= 0.6 is 0 Å². The van der Waals surface area contributed by atoms with Crippen molar-refractivity contribution in [2.24, 2.45) is 0 Å². The molecule has 8 nitrogen and oxygen atoms in total. The minimum Gasteiger partial charge on any atom is -0.378 e. The number of carbonyl (C=O) groups excluding carboxylic acids is 1. The Labute approximate surface area is 126 Å². The van der Waals surface area contributed by atoms with E-state index >= 15 is 0 Å². The molecule has 1 atom stereocenters. The first-order valence-corrected chi connectivity index (χ1v) is 7.33. The van der Waals surface area contributed by atoms with Gasteiger partial charge < -0.3 is 14.2 Å². The maximum atomic E-state index is 12.7. The number of fused-ring (bicyclic) bond motifs is 1. The molecule has 0 bridgehead atoms. The van der Waals surface area contributed by atoms with Crippen LogP contribution in [0.5, 0.6) is 0 Å². The molecule has 2 aromatic heterocycles. The summed E-state index contributed by atoms with van der Waals surface area (Å²) in [5, 5.41) is 4.08. The predicted molar refractivity (Wildman–Crippen MR) is 77.5 cm³/mol. The molecule has 1 aliphatic rings. The van der Waals surface area contributed by atoms with Gasteiger partial charge in [-0.1, -0.05) is 12.1 Å². The molecule has 118 valence electrons. The fraction of sp³-hybridized carbons (Fsp3) is 0.571. The van der Waals surface area contributed by atoms with Crippen molar-refractivity contribution in [3.63, 3.8) is 0 Å². The van der Waals surface area contributed by atoms with Crippen LogP contribution in [0.25, 0.3) is 11.1 Å². The lowest BCUT2D eigenvalue weighted by atomic mass is 10.1. The molecule has 1 saturated heterocycles. The van der Waals surface area contributed by atoms with Gasteiger partial charge >= 0.3 is 0 Å². The van der Waals surface area contributed by atoms with Crippen LogP contribution in [0.3, 0.4) is 0 Å². The van der Waals surface area contributed by atoms with Gasteiger partial charge in [0, 0.05) is 13.1 Å². The van der Waals surface area contributed by atoms with Crippen LogP contribution in [0, 0.1) is 6.92 Å². The fourth-order valence-electron chi connectivity index (χ4n) is 2.70. The van der Waals surface area contributed by atoms with E-state index in [0.717, 1.165) is 0 Å². The zero-order valence-corrected chi connectivity index (χ0v) is 12.6. The molecule has 2 aromatic rings. The van der Waals surface area contributed by atoms with Gasteiger partial charge in [0.25, 0.3) is 11.3 Å². The van der Waals surface area contributed by atoms with Crippen molar-refractivity contribution >= 4 is 17.0 Å². The first kappa shape index (κ1) is 14.7. The molecule has 3 heterocycles. The number of hydrogen-bond donors (Lipinski definition) is 0. The average molecular weight is 306 g/mol. The number of aryl methyl sites for hydroxylation is 1. The third kappa shape index (κ3) is 2.39. The summed E-state index contributed by atoms with van der Waals surface area (Å²) < 4.78 is 11.6. The zero-order chi connectivity index (χ0) is 15.7. The summed E-state index contributed by atoms with van der Waals surface area (Å²) in [7, 11) is 0. The maximum absolute atomic E-state index is 12.7. The van der Waals surface area contributed by atoms with Crippen molar-refractivity contribution in [1.82, 2.24) is 19.6 Å². The van der Waals surface area contributed by atoms with E-state index in [1.807, 2.05) is 6.92 Å². The molecular weight excluding hydrogens is 288 g/mol. The SMILES string of the molecule is CC[C@H](C(=O)N1CCOCC1)n1cnc2onc(C)c2c1=O. The third-order valence-corrected chi connectivity index (χ3v) is 3.92. The van der Waals surface area contributed by atoms with Crippen LogP contribution in [-0.2, 0) is 9.53 Å². The number of hydrogen-bond acceptors (Lipinski definition) is 6. The molecule has 22 heavy (non-hydrogen) atoms. The Morgan fingerprint density at radius 2 is 2.14 bits per heavy atom. The van der Waals surface area contributed by atoms with E-state index < -0.39 is 6.04 Å². The highest BCUT2D eigenvalue weighted by Gasteiger charge is 2.27. The Morgan fingerprint density at radius 3 is 2.82 bits per heavy atom. The molecule has 3 rings (SSSR count). The monoisotopic (exact) mass is 306 g/mol. The van der Waals surface area contributed by atoms with Crippen LogP contribution in [0.2, 0.25) is 0 Å². The average Bonchev–Trinajstić information content (AvgIpc) is 2.93. The van der Waals surface area contributed by atoms with E-state index in [1.54, 1.807) is 11.8 Å². The number of aromatic nitrogens is 3. The van der Waals surface area contributed by atoms with Crippen LogP contribution < -0.4 is 5.56 Å². The predicted octanol–water partition coefficient (Wildman–Crippen LogP) is 0.503. The van der Waals surface area contributed by atoms with Crippen molar-refractivity contribution in [3.05, 3.63) is 22.4 Å². The summed E-state index contributed by atoms with van der Waals surface area (Å²) in [6.07, 6.45) is 1.87. The lowest BCUT2D eigenvalue weighted by molar-refractivity contribution is -0.139. The Kier molecular flexibility index (Phi) is 3.93. The highest BCUT2D eigenvalue weighted by molar-refractivity contribution is 5.81. The Balaban J connectivity index is 1.99. The summed E-state index contributed by atoms with van der Waals surface area (Å²) in [4.78, 5) is 31.1. The largest absolute Gasteiger partial charge is 0.378 e. The third-order valence-electron chi connectivity index (χ3n) is 3.92. The molecule has 1 amide bonds. The van der Waals surface area contributed by atoms with E-state index in [1.165, 1.54) is 10.9 Å². The number of morpholine rings is 1. The number of nitrogens with zero attached hydrogens (tertiary/aromatic N) is 4. The van der Waals surface area contributed by atoms with Gasteiger partial charge in [-0.15, -0.1) is 0 Å². The van der Waals surface area contributed by atoms with Gasteiger partial charge in [0.15, 0.2) is 0 Å². The van der Waals surface area contributed by atoms with Gasteiger partial charge in [-0.25, -0.2) is 4.98 Å². The smallest absolute Gasteiger partial charge is 0.267 e. The van der Waals surface area contributed by atoms with Crippen molar-refractivity contribution in [2.75, 3.05) is 26.3 Å². The number of amides is 1. The molecule has 8 heteroatoms. The second-order valence-electron chi connectivity index (χ2n) is 5.27. The van der Waals surface area contributed by atoms with Gasteiger partial charge in [0.1, 0.15) is 17.8 Å². The lowest BCUT2D eigenvalue weighted by Gasteiger charge is -2.30. The van der Waals surface area contributed by atoms with Crippen LogP contribution in [0.1, 0.15) is 25.1 Å². The minimum absolute atomic E-state index is 0.0804. The van der Waals surface area contributed by atoms with E-state index in [9.17, 15) is 9.59 Å². The van der Waals surface area contributed by atoms with Crippen molar-refractivity contribution < 1.29 is 14.1 Å². The Bertz CT molecular complexity index is 745. The highest BCUT2D eigenvalue weighted by Crippen LogP contribution is 2.17. The lowest BCUT2D eigenvalue weighted by Crippen LogP contribution is -2.45. The second kappa shape index (κ2) is 5.88. The van der Waals surface area contributed by atoms with Gasteiger partial charge in [-0.3, -0.25) is 14.2 Å². The molecular formula is C14H18N4O4. The summed E-state index contributed by atoms with van der Waals surface area (Å²) >= 11 is 0. The van der Waals surface area contributed by atoms with Gasteiger partial charge in [0.05, 0.1) is 18.9 Å². The summed E-state index contributed by atoms with van der Waals surface area (Å²) in [5.74, 6) is -0.0804. The molecule has 0 spiro atoms. The molecule has 0 N–H and O–H groups in total. The van der Waals surface area contributed by atoms with Crippen LogP contribution in [0.4, 0.5) is 0 Å². The van der Waals surface area contributed by atoms with Crippen molar-refractivity contribution in [3.8, 4) is 0 Å². The number of rotatable bonds is 3. The van der Waals surface area contributed by atoms with E-state index in [4.69, 9.17) is 9.26 Å².